The summed E-state index contributed by atoms with van der Waals surface area (Å²) in [6, 6.07) is 13.1. The van der Waals surface area contributed by atoms with Crippen LogP contribution in [0.4, 0.5) is 13.2 Å². The van der Waals surface area contributed by atoms with Crippen LogP contribution in [-0.4, -0.2) is 44.4 Å². The van der Waals surface area contributed by atoms with E-state index in [1.54, 1.807) is 7.11 Å². The summed E-state index contributed by atoms with van der Waals surface area (Å²) < 4.78 is 50.1. The molecule has 2 atom stereocenters. The zero-order chi connectivity index (χ0) is 23.5. The highest BCUT2D eigenvalue weighted by molar-refractivity contribution is 6.30. The molecule has 0 unspecified atom stereocenters. The summed E-state index contributed by atoms with van der Waals surface area (Å²) in [6.07, 6.45) is 1.32. The van der Waals surface area contributed by atoms with Crippen molar-refractivity contribution in [1.29, 1.82) is 0 Å². The fourth-order valence-electron chi connectivity index (χ4n) is 5.25. The van der Waals surface area contributed by atoms with E-state index in [4.69, 9.17) is 21.1 Å². The summed E-state index contributed by atoms with van der Waals surface area (Å²) in [5.41, 5.74) is 0.669. The van der Waals surface area contributed by atoms with Gasteiger partial charge in [-0.2, -0.15) is 13.2 Å². The summed E-state index contributed by atoms with van der Waals surface area (Å²) in [7, 11) is 1.80. The zero-order valence-corrected chi connectivity index (χ0v) is 19.7. The molecule has 3 nitrogen and oxygen atoms in total. The van der Waals surface area contributed by atoms with Gasteiger partial charge in [-0.3, -0.25) is 0 Å². The van der Waals surface area contributed by atoms with Crippen LogP contribution in [0.3, 0.4) is 0 Å². The van der Waals surface area contributed by atoms with Gasteiger partial charge in [0.2, 0.25) is 0 Å². The molecule has 1 saturated carbocycles. The average molecular weight is 482 g/mol. The molecule has 0 spiro atoms. The zero-order valence-electron chi connectivity index (χ0n) is 18.9. The molecule has 0 N–H and O–H groups in total. The monoisotopic (exact) mass is 481 g/mol. The third kappa shape index (κ3) is 5.67. The SMILES string of the molecule is CO[C@H](CN1CCC[C@@H](COc2ccc(C(F)(F)F)cc2)C1)C1(c2ccc(Cl)cc2)CCC1. The Morgan fingerprint density at radius 3 is 2.33 bits per heavy atom. The van der Waals surface area contributed by atoms with Gasteiger partial charge in [0.15, 0.2) is 0 Å². The highest BCUT2D eigenvalue weighted by atomic mass is 35.5. The summed E-state index contributed by atoms with van der Waals surface area (Å²) in [4.78, 5) is 2.45. The summed E-state index contributed by atoms with van der Waals surface area (Å²) in [6.45, 7) is 3.28. The maximum absolute atomic E-state index is 12.7. The second kappa shape index (κ2) is 10.2. The van der Waals surface area contributed by atoms with Gasteiger partial charge in [-0.1, -0.05) is 30.2 Å². The number of benzene rings is 2. The second-order valence-electron chi connectivity index (χ2n) is 9.34. The van der Waals surface area contributed by atoms with Gasteiger partial charge in [0, 0.05) is 36.6 Å². The van der Waals surface area contributed by atoms with E-state index in [-0.39, 0.29) is 11.5 Å². The predicted molar refractivity (Wildman–Crippen MR) is 124 cm³/mol. The highest BCUT2D eigenvalue weighted by Crippen LogP contribution is 2.48. The quantitative estimate of drug-likeness (QED) is 0.424. The van der Waals surface area contributed by atoms with Crippen molar-refractivity contribution < 1.29 is 22.6 Å². The van der Waals surface area contributed by atoms with Crippen molar-refractivity contribution in [2.45, 2.75) is 49.8 Å². The van der Waals surface area contributed by atoms with E-state index in [0.29, 0.717) is 18.3 Å². The molecule has 2 aromatic rings. The van der Waals surface area contributed by atoms with Gasteiger partial charge in [-0.05, 0) is 74.2 Å². The van der Waals surface area contributed by atoms with Crippen LogP contribution in [0.5, 0.6) is 5.75 Å². The molecule has 0 bridgehead atoms. The highest BCUT2D eigenvalue weighted by Gasteiger charge is 2.46. The number of nitrogens with zero attached hydrogens (tertiary/aromatic N) is 1. The van der Waals surface area contributed by atoms with E-state index >= 15 is 0 Å². The number of halogens is 4. The Kier molecular flexibility index (Phi) is 7.56. The number of hydrogen-bond donors (Lipinski definition) is 0. The van der Waals surface area contributed by atoms with E-state index in [9.17, 15) is 13.2 Å². The van der Waals surface area contributed by atoms with Crippen molar-refractivity contribution in [3.05, 3.63) is 64.7 Å². The van der Waals surface area contributed by atoms with E-state index < -0.39 is 11.7 Å². The van der Waals surface area contributed by atoms with Crippen molar-refractivity contribution in [3.8, 4) is 5.75 Å². The molecule has 2 fully saturated rings. The molecule has 0 amide bonds. The number of ether oxygens (including phenoxy) is 2. The number of hydrogen-bond acceptors (Lipinski definition) is 3. The van der Waals surface area contributed by atoms with Crippen LogP contribution in [0, 0.1) is 5.92 Å². The van der Waals surface area contributed by atoms with Gasteiger partial charge in [-0.25, -0.2) is 0 Å². The average Bonchev–Trinajstić information content (AvgIpc) is 2.77. The van der Waals surface area contributed by atoms with Crippen molar-refractivity contribution >= 4 is 11.6 Å². The molecule has 1 aliphatic carbocycles. The fourth-order valence-corrected chi connectivity index (χ4v) is 5.38. The lowest BCUT2D eigenvalue weighted by Gasteiger charge is -2.49. The first-order valence-electron chi connectivity index (χ1n) is 11.6. The van der Waals surface area contributed by atoms with Gasteiger partial charge in [0.25, 0.3) is 0 Å². The second-order valence-corrected chi connectivity index (χ2v) is 9.78. The van der Waals surface area contributed by atoms with E-state index in [1.807, 2.05) is 12.1 Å². The molecular formula is C26H31ClF3NO2. The van der Waals surface area contributed by atoms with Gasteiger partial charge >= 0.3 is 6.18 Å². The largest absolute Gasteiger partial charge is 0.493 e. The van der Waals surface area contributed by atoms with Crippen LogP contribution in [-0.2, 0) is 16.3 Å². The van der Waals surface area contributed by atoms with E-state index in [0.717, 1.165) is 62.5 Å². The molecule has 0 radical (unpaired) electrons. The Morgan fingerprint density at radius 2 is 1.76 bits per heavy atom. The van der Waals surface area contributed by atoms with Crippen molar-refractivity contribution in [3.63, 3.8) is 0 Å². The molecule has 1 heterocycles. The Hall–Kier alpha value is -1.76. The van der Waals surface area contributed by atoms with Gasteiger partial charge < -0.3 is 14.4 Å². The first kappa shape index (κ1) is 24.4. The molecule has 1 saturated heterocycles. The van der Waals surface area contributed by atoms with Crippen molar-refractivity contribution in [2.24, 2.45) is 5.92 Å². The Labute approximate surface area is 198 Å². The summed E-state index contributed by atoms with van der Waals surface area (Å²) >= 11 is 6.11. The molecular weight excluding hydrogens is 451 g/mol. The number of methoxy groups -OCH3 is 1. The number of alkyl halides is 3. The molecule has 0 aromatic heterocycles. The van der Waals surface area contributed by atoms with Gasteiger partial charge in [0.1, 0.15) is 5.75 Å². The van der Waals surface area contributed by atoms with Gasteiger partial charge in [-0.15, -0.1) is 0 Å². The van der Waals surface area contributed by atoms with Crippen molar-refractivity contribution in [1.82, 2.24) is 4.90 Å². The molecule has 33 heavy (non-hydrogen) atoms. The lowest BCUT2D eigenvalue weighted by Crippen LogP contribution is -2.53. The third-order valence-electron chi connectivity index (χ3n) is 7.26. The third-order valence-corrected chi connectivity index (χ3v) is 7.51. The Morgan fingerprint density at radius 1 is 1.06 bits per heavy atom. The van der Waals surface area contributed by atoms with Crippen LogP contribution in [0.2, 0.25) is 5.02 Å². The van der Waals surface area contributed by atoms with Gasteiger partial charge in [0.05, 0.1) is 18.3 Å². The minimum Gasteiger partial charge on any atom is -0.493 e. The van der Waals surface area contributed by atoms with Crippen LogP contribution in [0.1, 0.15) is 43.2 Å². The summed E-state index contributed by atoms with van der Waals surface area (Å²) in [5.74, 6) is 0.817. The molecule has 7 heteroatoms. The lowest BCUT2D eigenvalue weighted by molar-refractivity contribution is -0.137. The molecule has 2 aromatic carbocycles. The minimum atomic E-state index is -4.33. The Bertz CT molecular complexity index is 897. The standard InChI is InChI=1S/C26H31ClF3NO2/c1-32-24(25(13-3-14-25)20-5-9-22(27)10-6-20)17-31-15-2-4-19(16-31)18-33-23-11-7-21(8-12-23)26(28,29)30/h5-12,19,24H,2-4,13-18H2,1H3/t19-,24-/m1/s1. The maximum Gasteiger partial charge on any atom is 0.416 e. The van der Waals surface area contributed by atoms with Crippen LogP contribution >= 0.6 is 11.6 Å². The first-order valence-corrected chi connectivity index (χ1v) is 12.0. The lowest BCUT2D eigenvalue weighted by atomic mass is 9.61. The fraction of sp³-hybridized carbons (Fsp3) is 0.538. The maximum atomic E-state index is 12.7. The van der Waals surface area contributed by atoms with Crippen LogP contribution in [0.25, 0.3) is 0 Å². The molecule has 1 aliphatic heterocycles. The summed E-state index contributed by atoms with van der Waals surface area (Å²) in [5, 5.41) is 0.745. The number of likely N-dealkylation sites (tertiary alicyclic amines) is 1. The van der Waals surface area contributed by atoms with Crippen LogP contribution in [0.15, 0.2) is 48.5 Å². The minimum absolute atomic E-state index is 0.0308. The van der Waals surface area contributed by atoms with E-state index in [1.165, 1.54) is 24.1 Å². The predicted octanol–water partition coefficient (Wildman–Crippen LogP) is 6.59. The molecule has 4 rings (SSSR count). The molecule has 2 aliphatic rings. The topological polar surface area (TPSA) is 21.7 Å². The first-order chi connectivity index (χ1) is 15.8. The van der Waals surface area contributed by atoms with Crippen molar-refractivity contribution in [2.75, 3.05) is 33.4 Å². The Balaban J connectivity index is 1.34. The van der Waals surface area contributed by atoms with E-state index in [2.05, 4.69) is 17.0 Å². The molecule has 180 valence electrons. The number of rotatable bonds is 8. The smallest absolute Gasteiger partial charge is 0.416 e. The number of piperidine rings is 1. The van der Waals surface area contributed by atoms with Crippen LogP contribution < -0.4 is 4.74 Å². The normalized spacial score (nSPS) is 21.9.